The minimum absolute atomic E-state index is 0.214. The van der Waals surface area contributed by atoms with Crippen LogP contribution in [0.15, 0.2) is 77.9 Å². The Morgan fingerprint density at radius 3 is 2.63 bits per heavy atom. The molecule has 0 radical (unpaired) electrons. The summed E-state index contributed by atoms with van der Waals surface area (Å²) in [6.07, 6.45) is 3.50. The van der Waals surface area contributed by atoms with Crippen molar-refractivity contribution < 1.29 is 0 Å². The number of nitrogens with one attached hydrogen (secondary N) is 1. The molecule has 35 heavy (non-hydrogen) atoms. The highest BCUT2D eigenvalue weighted by Gasteiger charge is 2.36. The number of benzene rings is 3. The smallest absolute Gasteiger partial charge is 0.267 e. The molecule has 0 amide bonds. The normalized spacial score (nSPS) is 14.1. The summed E-state index contributed by atoms with van der Waals surface area (Å²) in [7, 11) is 0. The van der Waals surface area contributed by atoms with Crippen LogP contribution in [0.2, 0.25) is 5.02 Å². The van der Waals surface area contributed by atoms with Crippen LogP contribution in [0.3, 0.4) is 0 Å². The van der Waals surface area contributed by atoms with Gasteiger partial charge < -0.3 is 5.32 Å². The second kappa shape index (κ2) is 8.49. The van der Waals surface area contributed by atoms with Crippen molar-refractivity contribution in [2.75, 3.05) is 5.32 Å². The number of aromatic nitrogens is 4. The molecule has 2 aromatic heterocycles. The second-order valence-electron chi connectivity index (χ2n) is 8.61. The van der Waals surface area contributed by atoms with Gasteiger partial charge in [-0.2, -0.15) is 5.26 Å². The van der Waals surface area contributed by atoms with Crippen LogP contribution in [-0.4, -0.2) is 19.5 Å². The van der Waals surface area contributed by atoms with E-state index < -0.39 is 0 Å². The van der Waals surface area contributed by atoms with Gasteiger partial charge in [0, 0.05) is 5.39 Å². The molecule has 1 saturated carbocycles. The molecule has 1 unspecified atom stereocenters. The van der Waals surface area contributed by atoms with Crippen molar-refractivity contribution in [1.82, 2.24) is 19.5 Å². The summed E-state index contributed by atoms with van der Waals surface area (Å²) in [5, 5.41) is 14.5. The number of hydrogen-bond acceptors (Lipinski definition) is 6. The summed E-state index contributed by atoms with van der Waals surface area (Å²) in [5.74, 6) is 1.48. The maximum atomic E-state index is 13.8. The Labute approximate surface area is 205 Å². The van der Waals surface area contributed by atoms with Crippen molar-refractivity contribution in [2.45, 2.75) is 18.9 Å². The van der Waals surface area contributed by atoms with E-state index in [-0.39, 0.29) is 17.5 Å². The molecule has 0 bridgehead atoms. The fourth-order valence-corrected chi connectivity index (χ4v) is 4.70. The number of nitrogens with zero attached hydrogens (tertiary/aromatic N) is 5. The number of hydrogen-bond donors (Lipinski definition) is 1. The molecule has 3 aromatic carbocycles. The Morgan fingerprint density at radius 1 is 1.03 bits per heavy atom. The van der Waals surface area contributed by atoms with E-state index >= 15 is 0 Å². The van der Waals surface area contributed by atoms with Gasteiger partial charge in [0.15, 0.2) is 0 Å². The summed E-state index contributed by atoms with van der Waals surface area (Å²) in [6, 6.07) is 22.0. The van der Waals surface area contributed by atoms with Crippen LogP contribution in [0.25, 0.3) is 27.5 Å². The standard InChI is InChI=1S/C27H19ClN6O/c28-20-7-4-8-22-23(20)27(35)34(18-5-2-1-3-6-18)26(32-22)24(17-10-11-17)33-25-19-13-16(14-29)9-12-21(19)30-15-31-25/h1-9,12-13,15,17,24H,10-11H2,(H,30,31,33). The first-order valence-electron chi connectivity index (χ1n) is 11.3. The largest absolute Gasteiger partial charge is 0.359 e. The Hall–Kier alpha value is -4.28. The maximum Gasteiger partial charge on any atom is 0.267 e. The number of nitriles is 1. The molecule has 7 nitrogen and oxygen atoms in total. The first kappa shape index (κ1) is 21.3. The van der Waals surface area contributed by atoms with E-state index in [0.29, 0.717) is 38.8 Å². The summed E-state index contributed by atoms with van der Waals surface area (Å²) in [4.78, 5) is 27.6. The molecule has 170 valence electrons. The van der Waals surface area contributed by atoms with Gasteiger partial charge in [0.2, 0.25) is 0 Å². The lowest BCUT2D eigenvalue weighted by molar-refractivity contribution is 0.610. The van der Waals surface area contributed by atoms with Gasteiger partial charge in [-0.3, -0.25) is 9.36 Å². The monoisotopic (exact) mass is 478 g/mol. The van der Waals surface area contributed by atoms with E-state index in [1.54, 1.807) is 28.8 Å². The van der Waals surface area contributed by atoms with Crippen molar-refractivity contribution in [1.29, 1.82) is 5.26 Å². The van der Waals surface area contributed by atoms with E-state index in [1.165, 1.54) is 6.33 Å². The van der Waals surface area contributed by atoms with Gasteiger partial charge in [-0.15, -0.1) is 0 Å². The number of para-hydroxylation sites is 1. The molecule has 1 aliphatic rings. The summed E-state index contributed by atoms with van der Waals surface area (Å²) in [5.41, 5.74) is 2.31. The van der Waals surface area contributed by atoms with Crippen LogP contribution in [-0.2, 0) is 0 Å². The first-order chi connectivity index (χ1) is 17.1. The summed E-state index contributed by atoms with van der Waals surface area (Å²) in [6.45, 7) is 0. The van der Waals surface area contributed by atoms with Crippen LogP contribution in [0.4, 0.5) is 5.82 Å². The fourth-order valence-electron chi connectivity index (χ4n) is 4.45. The Morgan fingerprint density at radius 2 is 1.86 bits per heavy atom. The molecule has 8 heteroatoms. The van der Waals surface area contributed by atoms with E-state index in [2.05, 4.69) is 21.4 Å². The molecular weight excluding hydrogens is 460 g/mol. The molecule has 0 aliphatic heterocycles. The topological polar surface area (TPSA) is 96.5 Å². The molecule has 2 heterocycles. The molecule has 1 fully saturated rings. The van der Waals surface area contributed by atoms with Crippen molar-refractivity contribution in [3.8, 4) is 11.8 Å². The highest BCUT2D eigenvalue weighted by Crippen LogP contribution is 2.43. The van der Waals surface area contributed by atoms with Crippen molar-refractivity contribution in [3.63, 3.8) is 0 Å². The average molecular weight is 479 g/mol. The number of halogens is 1. The van der Waals surface area contributed by atoms with Crippen molar-refractivity contribution in [3.05, 3.63) is 99.8 Å². The lowest BCUT2D eigenvalue weighted by atomic mass is 10.1. The van der Waals surface area contributed by atoms with Gasteiger partial charge in [-0.25, -0.2) is 15.0 Å². The molecule has 1 aliphatic carbocycles. The van der Waals surface area contributed by atoms with Crippen LogP contribution in [0.1, 0.15) is 30.3 Å². The maximum absolute atomic E-state index is 13.8. The quantitative estimate of drug-likeness (QED) is 0.362. The van der Waals surface area contributed by atoms with Gasteiger partial charge in [-0.05, 0) is 61.2 Å². The zero-order valence-corrected chi connectivity index (χ0v) is 19.3. The third-order valence-corrected chi connectivity index (χ3v) is 6.63. The third-order valence-electron chi connectivity index (χ3n) is 6.32. The molecule has 0 spiro atoms. The van der Waals surface area contributed by atoms with Gasteiger partial charge >= 0.3 is 0 Å². The van der Waals surface area contributed by atoms with Crippen LogP contribution < -0.4 is 10.9 Å². The molecule has 1 atom stereocenters. The minimum atomic E-state index is -0.282. The highest BCUT2D eigenvalue weighted by atomic mass is 35.5. The SMILES string of the molecule is N#Cc1ccc2ncnc(NC(c3nc4cccc(Cl)c4c(=O)n3-c3ccccc3)C3CC3)c2c1. The van der Waals surface area contributed by atoms with E-state index in [9.17, 15) is 10.1 Å². The lowest BCUT2D eigenvalue weighted by Gasteiger charge is -2.23. The minimum Gasteiger partial charge on any atom is -0.359 e. The molecule has 6 rings (SSSR count). The molecular formula is C27H19ClN6O. The second-order valence-corrected chi connectivity index (χ2v) is 9.01. The van der Waals surface area contributed by atoms with Crippen LogP contribution in [0.5, 0.6) is 0 Å². The Kier molecular flexibility index (Phi) is 5.16. The van der Waals surface area contributed by atoms with Crippen LogP contribution >= 0.6 is 11.6 Å². The highest BCUT2D eigenvalue weighted by molar-refractivity contribution is 6.35. The molecule has 5 aromatic rings. The summed E-state index contributed by atoms with van der Waals surface area (Å²) < 4.78 is 1.65. The predicted molar refractivity (Wildman–Crippen MR) is 136 cm³/mol. The number of anilines is 1. The summed E-state index contributed by atoms with van der Waals surface area (Å²) >= 11 is 6.44. The third kappa shape index (κ3) is 3.78. The Balaban J connectivity index is 1.58. The Bertz CT molecular complexity index is 1690. The number of fused-ring (bicyclic) bond motifs is 2. The van der Waals surface area contributed by atoms with Crippen LogP contribution in [0, 0.1) is 17.2 Å². The van der Waals surface area contributed by atoms with Gasteiger partial charge in [0.1, 0.15) is 18.0 Å². The van der Waals surface area contributed by atoms with Crippen molar-refractivity contribution in [2.24, 2.45) is 5.92 Å². The van der Waals surface area contributed by atoms with E-state index in [4.69, 9.17) is 16.6 Å². The molecule has 0 saturated heterocycles. The predicted octanol–water partition coefficient (Wildman–Crippen LogP) is 5.42. The van der Waals surface area contributed by atoms with Gasteiger partial charge in [0.25, 0.3) is 5.56 Å². The van der Waals surface area contributed by atoms with E-state index in [1.807, 2.05) is 42.5 Å². The molecule has 1 N–H and O–H groups in total. The zero-order chi connectivity index (χ0) is 23.9. The van der Waals surface area contributed by atoms with E-state index in [0.717, 1.165) is 23.7 Å². The van der Waals surface area contributed by atoms with Crippen molar-refractivity contribution >= 4 is 39.2 Å². The van der Waals surface area contributed by atoms with Gasteiger partial charge in [-0.1, -0.05) is 35.9 Å². The average Bonchev–Trinajstić information content (AvgIpc) is 3.73. The fraction of sp³-hybridized carbons (Fsp3) is 0.148. The zero-order valence-electron chi connectivity index (χ0n) is 18.5. The lowest BCUT2D eigenvalue weighted by Crippen LogP contribution is -2.29. The number of rotatable bonds is 5. The van der Waals surface area contributed by atoms with Gasteiger partial charge in [0.05, 0.1) is 44.8 Å². The first-order valence-corrected chi connectivity index (χ1v) is 11.7.